The number of anilines is 1. The first kappa shape index (κ1) is 28.5. The molecule has 0 bridgehead atoms. The average Bonchev–Trinajstić information content (AvgIpc) is 3.66. The minimum atomic E-state index is -1.10. The number of benzene rings is 1. The Morgan fingerprint density at radius 3 is 2.54 bits per heavy atom. The Hall–Kier alpha value is -4.07. The topological polar surface area (TPSA) is 164 Å². The minimum absolute atomic E-state index is 0.0870. The highest BCUT2D eigenvalue weighted by atomic mass is 35.5. The van der Waals surface area contributed by atoms with E-state index in [1.807, 2.05) is 37.3 Å². The highest BCUT2D eigenvalue weighted by Gasteiger charge is 2.52. The van der Waals surface area contributed by atoms with E-state index >= 15 is 0 Å². The number of carbonyl (C=O) groups is 2. The normalized spacial score (nSPS) is 21.1. The van der Waals surface area contributed by atoms with Gasteiger partial charge in [-0.2, -0.15) is 9.97 Å². The van der Waals surface area contributed by atoms with Gasteiger partial charge in [-0.05, 0) is 30.0 Å². The van der Waals surface area contributed by atoms with Gasteiger partial charge < -0.3 is 29.2 Å². The summed E-state index contributed by atoms with van der Waals surface area (Å²) in [6.45, 7) is 4.23. The number of esters is 2. The third kappa shape index (κ3) is 6.16. The van der Waals surface area contributed by atoms with Crippen molar-refractivity contribution in [2.24, 2.45) is 0 Å². The van der Waals surface area contributed by atoms with Crippen molar-refractivity contribution in [2.75, 3.05) is 11.9 Å². The predicted octanol–water partition coefficient (Wildman–Crippen LogP) is 3.18. The van der Waals surface area contributed by atoms with Crippen LogP contribution in [0.25, 0.3) is 11.2 Å². The monoisotopic (exact) mass is 584 g/mol. The molecule has 2 N–H and O–H groups in total. The van der Waals surface area contributed by atoms with Gasteiger partial charge in [0.15, 0.2) is 47.3 Å². The molecule has 3 aromatic heterocycles. The van der Waals surface area contributed by atoms with Crippen LogP contribution in [0.1, 0.15) is 50.1 Å². The standard InChI is InChI=1S/C27H29ClN6O7/c1-4-17-11-19(41-33-17)21-22(38-14(2)36)23(39-15(3)37)26(40-21)34-13-29-20-24(31-27(28)32-25(20)34)30-18(12-35)10-16-8-6-5-7-9-16/h5-9,11,13,18,21-23,26,35H,4,10,12H2,1-3H3,(H,30,31,32)/t18-,21+,22+,23+,26+/m0/s1. The molecule has 1 aromatic carbocycles. The number of halogens is 1. The van der Waals surface area contributed by atoms with Gasteiger partial charge in [-0.3, -0.25) is 14.2 Å². The number of ether oxygens (including phenoxy) is 3. The van der Waals surface area contributed by atoms with Crippen LogP contribution in [0.15, 0.2) is 47.2 Å². The molecule has 13 nitrogen and oxygen atoms in total. The van der Waals surface area contributed by atoms with E-state index in [9.17, 15) is 14.7 Å². The minimum Gasteiger partial charge on any atom is -0.455 e. The summed E-state index contributed by atoms with van der Waals surface area (Å²) >= 11 is 6.32. The number of aromatic nitrogens is 5. The van der Waals surface area contributed by atoms with Gasteiger partial charge in [0, 0.05) is 19.9 Å². The van der Waals surface area contributed by atoms with Gasteiger partial charge in [0.05, 0.1) is 24.7 Å². The van der Waals surface area contributed by atoms with Crippen molar-refractivity contribution >= 4 is 40.5 Å². The second kappa shape index (κ2) is 12.2. The molecule has 0 radical (unpaired) electrons. The fourth-order valence-electron chi connectivity index (χ4n) is 4.79. The van der Waals surface area contributed by atoms with Crippen LogP contribution in [0, 0.1) is 0 Å². The van der Waals surface area contributed by atoms with Crippen LogP contribution in [0.4, 0.5) is 5.82 Å². The molecule has 5 rings (SSSR count). The summed E-state index contributed by atoms with van der Waals surface area (Å²) in [6.07, 6.45) is -1.56. The Morgan fingerprint density at radius 2 is 1.88 bits per heavy atom. The number of hydrogen-bond donors (Lipinski definition) is 2. The molecule has 0 aliphatic carbocycles. The van der Waals surface area contributed by atoms with Gasteiger partial charge in [0.1, 0.15) is 0 Å². The lowest BCUT2D eigenvalue weighted by atomic mass is 10.1. The Morgan fingerprint density at radius 1 is 1.15 bits per heavy atom. The SMILES string of the molecule is CCc1cc([C@H]2O[C@@H](n3cnc4c(N[C@H](CO)Cc5ccccc5)nc(Cl)nc43)[C@H](OC(C)=O)[C@@H]2OC(C)=O)on1. The number of nitrogens with one attached hydrogen (secondary N) is 1. The number of aliphatic hydroxyl groups excluding tert-OH is 1. The molecule has 0 amide bonds. The Labute approximate surface area is 239 Å². The zero-order valence-corrected chi connectivity index (χ0v) is 23.3. The smallest absolute Gasteiger partial charge is 0.303 e. The molecule has 41 heavy (non-hydrogen) atoms. The van der Waals surface area contributed by atoms with E-state index < -0.39 is 42.5 Å². The molecule has 5 atom stereocenters. The molecule has 0 spiro atoms. The maximum atomic E-state index is 12.2. The van der Waals surface area contributed by atoms with Crippen LogP contribution in [0.5, 0.6) is 0 Å². The highest BCUT2D eigenvalue weighted by molar-refractivity contribution is 6.28. The molecule has 14 heteroatoms. The van der Waals surface area contributed by atoms with Crippen molar-refractivity contribution in [3.05, 3.63) is 65.0 Å². The van der Waals surface area contributed by atoms with Crippen LogP contribution in [0.2, 0.25) is 5.28 Å². The molecule has 4 heterocycles. The molecular formula is C27H29ClN6O7. The maximum absolute atomic E-state index is 12.2. The summed E-state index contributed by atoms with van der Waals surface area (Å²) in [4.78, 5) is 37.4. The van der Waals surface area contributed by atoms with E-state index in [4.69, 9.17) is 30.3 Å². The summed E-state index contributed by atoms with van der Waals surface area (Å²) in [5, 5.41) is 17.2. The Bertz CT molecular complexity index is 1530. The molecule has 0 saturated carbocycles. The molecule has 4 aromatic rings. The number of rotatable bonds is 10. The largest absolute Gasteiger partial charge is 0.455 e. The number of fused-ring (bicyclic) bond motifs is 1. The van der Waals surface area contributed by atoms with Crippen molar-refractivity contribution in [1.29, 1.82) is 0 Å². The molecule has 1 saturated heterocycles. The van der Waals surface area contributed by atoms with Gasteiger partial charge in [-0.15, -0.1) is 0 Å². The highest BCUT2D eigenvalue weighted by Crippen LogP contribution is 2.43. The molecule has 1 aliphatic heterocycles. The fourth-order valence-corrected chi connectivity index (χ4v) is 4.95. The fraction of sp³-hybridized carbons (Fsp3) is 0.407. The van der Waals surface area contributed by atoms with Crippen LogP contribution in [-0.2, 0) is 36.6 Å². The summed E-state index contributed by atoms with van der Waals surface area (Å²) < 4.78 is 24.5. The third-order valence-corrected chi connectivity index (χ3v) is 6.74. The second-order valence-electron chi connectivity index (χ2n) is 9.55. The number of aliphatic hydroxyl groups is 1. The van der Waals surface area contributed by atoms with E-state index in [-0.39, 0.29) is 17.5 Å². The van der Waals surface area contributed by atoms with Gasteiger partial charge >= 0.3 is 11.9 Å². The summed E-state index contributed by atoms with van der Waals surface area (Å²) in [5.74, 6) is -0.609. The van der Waals surface area contributed by atoms with Crippen molar-refractivity contribution < 1.29 is 33.4 Å². The lowest BCUT2D eigenvalue weighted by Gasteiger charge is -2.23. The van der Waals surface area contributed by atoms with E-state index in [1.165, 1.54) is 24.7 Å². The second-order valence-corrected chi connectivity index (χ2v) is 9.89. The first-order chi connectivity index (χ1) is 19.8. The van der Waals surface area contributed by atoms with Crippen LogP contribution < -0.4 is 5.32 Å². The molecule has 1 fully saturated rings. The van der Waals surface area contributed by atoms with E-state index in [0.29, 0.717) is 35.6 Å². The average molecular weight is 585 g/mol. The molecule has 1 aliphatic rings. The quantitative estimate of drug-likeness (QED) is 0.207. The van der Waals surface area contributed by atoms with Crippen LogP contribution in [-0.4, -0.2) is 66.6 Å². The number of hydrogen-bond acceptors (Lipinski definition) is 12. The maximum Gasteiger partial charge on any atom is 0.303 e. The lowest BCUT2D eigenvalue weighted by Crippen LogP contribution is -2.36. The number of nitrogens with zero attached hydrogens (tertiary/aromatic N) is 5. The number of carbonyl (C=O) groups excluding carboxylic acids is 2. The molecule has 0 unspecified atom stereocenters. The third-order valence-electron chi connectivity index (χ3n) is 6.57. The number of aryl methyl sites for hydroxylation is 1. The zero-order chi connectivity index (χ0) is 29.1. The van der Waals surface area contributed by atoms with Gasteiger partial charge in [-0.25, -0.2) is 4.98 Å². The van der Waals surface area contributed by atoms with E-state index in [2.05, 4.69) is 25.4 Å². The lowest BCUT2D eigenvalue weighted by molar-refractivity contribution is -0.165. The molecular weight excluding hydrogens is 556 g/mol. The number of imidazole rings is 1. The van der Waals surface area contributed by atoms with Gasteiger partial charge in [0.2, 0.25) is 5.28 Å². The van der Waals surface area contributed by atoms with E-state index in [0.717, 1.165) is 5.56 Å². The van der Waals surface area contributed by atoms with Gasteiger partial charge in [-0.1, -0.05) is 42.4 Å². The molecule has 216 valence electrons. The van der Waals surface area contributed by atoms with Crippen molar-refractivity contribution in [3.63, 3.8) is 0 Å². The van der Waals surface area contributed by atoms with Crippen LogP contribution in [0.3, 0.4) is 0 Å². The van der Waals surface area contributed by atoms with Crippen LogP contribution >= 0.6 is 11.6 Å². The zero-order valence-electron chi connectivity index (χ0n) is 22.6. The van der Waals surface area contributed by atoms with Crippen molar-refractivity contribution in [3.8, 4) is 0 Å². The summed E-state index contributed by atoms with van der Waals surface area (Å²) in [5.41, 5.74) is 2.30. The Balaban J connectivity index is 1.52. The summed E-state index contributed by atoms with van der Waals surface area (Å²) in [7, 11) is 0. The van der Waals surface area contributed by atoms with Crippen molar-refractivity contribution in [2.45, 2.75) is 64.2 Å². The first-order valence-electron chi connectivity index (χ1n) is 13.0. The van der Waals surface area contributed by atoms with E-state index in [1.54, 1.807) is 6.07 Å². The van der Waals surface area contributed by atoms with Gasteiger partial charge in [0.25, 0.3) is 0 Å². The predicted molar refractivity (Wildman–Crippen MR) is 145 cm³/mol. The Kier molecular flexibility index (Phi) is 8.47. The van der Waals surface area contributed by atoms with Crippen molar-refractivity contribution in [1.82, 2.24) is 24.7 Å². The first-order valence-corrected chi connectivity index (χ1v) is 13.4. The summed E-state index contributed by atoms with van der Waals surface area (Å²) in [6, 6.07) is 11.0.